The summed E-state index contributed by atoms with van der Waals surface area (Å²) in [6, 6.07) is 17.4. The van der Waals surface area contributed by atoms with E-state index in [1.54, 1.807) is 16.7 Å². The molecule has 4 rings (SSSR count). The number of amides is 1. The van der Waals surface area contributed by atoms with Crippen LogP contribution in [0.15, 0.2) is 65.7 Å². The van der Waals surface area contributed by atoms with Crippen molar-refractivity contribution >= 4 is 46.3 Å². The number of aromatic nitrogens is 2. The van der Waals surface area contributed by atoms with Crippen molar-refractivity contribution in [3.63, 3.8) is 0 Å². The van der Waals surface area contributed by atoms with E-state index in [0.717, 1.165) is 34.7 Å². The highest BCUT2D eigenvalue weighted by molar-refractivity contribution is 8.26. The molecule has 1 aliphatic rings. The lowest BCUT2D eigenvalue weighted by Gasteiger charge is -2.13. The first-order valence-corrected chi connectivity index (χ1v) is 12.5. The molecule has 1 saturated heterocycles. The summed E-state index contributed by atoms with van der Waals surface area (Å²) < 4.78 is 7.70. The van der Waals surface area contributed by atoms with Gasteiger partial charge in [-0.25, -0.2) is 4.68 Å². The minimum absolute atomic E-state index is 0.136. The monoisotopic (exact) mass is 507 g/mol. The molecule has 0 unspecified atom stereocenters. The summed E-state index contributed by atoms with van der Waals surface area (Å²) in [7, 11) is 1.62. The number of thiocarbonyl (C=S) groups is 1. The molecule has 0 radical (unpaired) electrons. The number of ether oxygens (including phenoxy) is 1. The van der Waals surface area contributed by atoms with Gasteiger partial charge in [-0.2, -0.15) is 5.10 Å². The minimum atomic E-state index is -0.804. The molecule has 0 aliphatic carbocycles. The van der Waals surface area contributed by atoms with Crippen molar-refractivity contribution in [2.24, 2.45) is 0 Å². The fourth-order valence-corrected chi connectivity index (χ4v) is 5.06. The van der Waals surface area contributed by atoms with Crippen LogP contribution in [0.4, 0.5) is 0 Å². The Labute approximate surface area is 213 Å². The van der Waals surface area contributed by atoms with Crippen molar-refractivity contribution in [1.29, 1.82) is 0 Å². The van der Waals surface area contributed by atoms with Gasteiger partial charge < -0.3 is 9.84 Å². The van der Waals surface area contributed by atoms with Crippen LogP contribution in [0.25, 0.3) is 23.0 Å². The van der Waals surface area contributed by atoms with Crippen LogP contribution < -0.4 is 4.74 Å². The molecule has 2 aromatic carbocycles. The molecule has 0 atom stereocenters. The zero-order valence-corrected chi connectivity index (χ0v) is 20.8. The van der Waals surface area contributed by atoms with Crippen LogP contribution in [-0.4, -0.2) is 49.6 Å². The Morgan fingerprint density at radius 3 is 2.69 bits per heavy atom. The van der Waals surface area contributed by atoms with E-state index in [-0.39, 0.29) is 12.3 Å². The van der Waals surface area contributed by atoms with Gasteiger partial charge in [-0.05, 0) is 43.2 Å². The summed E-state index contributed by atoms with van der Waals surface area (Å²) in [6.07, 6.45) is 5.90. The number of aliphatic carboxylic acids is 1. The number of carboxylic acid groups (broad SMARTS) is 1. The van der Waals surface area contributed by atoms with Crippen molar-refractivity contribution in [1.82, 2.24) is 14.7 Å². The Balaban J connectivity index is 1.61. The maximum absolute atomic E-state index is 13.1. The number of thioether (sulfide) groups is 1. The Bertz CT molecular complexity index is 1270. The first-order valence-electron chi connectivity index (χ1n) is 11.2. The van der Waals surface area contributed by atoms with Crippen molar-refractivity contribution in [2.75, 3.05) is 13.7 Å². The van der Waals surface area contributed by atoms with Gasteiger partial charge >= 0.3 is 5.97 Å². The number of benzene rings is 2. The largest absolute Gasteiger partial charge is 0.497 e. The summed E-state index contributed by atoms with van der Waals surface area (Å²) in [5, 5.41) is 13.6. The number of rotatable bonds is 10. The average molecular weight is 508 g/mol. The number of carboxylic acids is 1. The van der Waals surface area contributed by atoms with E-state index in [1.165, 1.54) is 11.8 Å². The predicted molar refractivity (Wildman–Crippen MR) is 142 cm³/mol. The summed E-state index contributed by atoms with van der Waals surface area (Å²) in [5.74, 6) is -0.222. The van der Waals surface area contributed by atoms with E-state index in [4.69, 9.17) is 27.2 Å². The molecule has 0 spiro atoms. The van der Waals surface area contributed by atoms with Gasteiger partial charge in [0.25, 0.3) is 5.91 Å². The molecule has 1 N–H and O–H groups in total. The molecule has 180 valence electrons. The highest BCUT2D eigenvalue weighted by Crippen LogP contribution is 2.35. The summed E-state index contributed by atoms with van der Waals surface area (Å²) in [4.78, 5) is 25.9. The first kappa shape index (κ1) is 24.7. The van der Waals surface area contributed by atoms with Gasteiger partial charge in [-0.1, -0.05) is 60.7 Å². The third-order valence-electron chi connectivity index (χ3n) is 5.54. The lowest BCUT2D eigenvalue weighted by Crippen LogP contribution is -2.29. The number of para-hydroxylation sites is 1. The zero-order valence-electron chi connectivity index (χ0n) is 19.2. The van der Waals surface area contributed by atoms with Crippen molar-refractivity contribution < 1.29 is 19.4 Å². The second-order valence-corrected chi connectivity index (χ2v) is 9.66. The second-order valence-electron chi connectivity index (χ2n) is 7.98. The molecule has 9 heteroatoms. The van der Waals surface area contributed by atoms with Crippen molar-refractivity contribution in [3.05, 3.63) is 71.3 Å². The predicted octanol–water partition coefficient (Wildman–Crippen LogP) is 5.39. The zero-order chi connectivity index (χ0) is 24.8. The highest BCUT2D eigenvalue weighted by atomic mass is 32.2. The summed E-state index contributed by atoms with van der Waals surface area (Å²) in [6.45, 7) is 0.480. The van der Waals surface area contributed by atoms with E-state index in [0.29, 0.717) is 28.6 Å². The summed E-state index contributed by atoms with van der Waals surface area (Å²) >= 11 is 6.74. The van der Waals surface area contributed by atoms with E-state index in [2.05, 4.69) is 0 Å². The lowest BCUT2D eigenvalue weighted by molar-refractivity contribution is -0.137. The molecule has 7 nitrogen and oxygen atoms in total. The molecule has 1 aromatic heterocycles. The van der Waals surface area contributed by atoms with Crippen LogP contribution in [0.5, 0.6) is 5.75 Å². The smallest absolute Gasteiger partial charge is 0.303 e. The fraction of sp³-hybridized carbons (Fsp3) is 0.231. The van der Waals surface area contributed by atoms with Gasteiger partial charge in [0.2, 0.25) is 0 Å². The quantitative estimate of drug-likeness (QED) is 0.224. The van der Waals surface area contributed by atoms with Crippen LogP contribution in [0.2, 0.25) is 0 Å². The van der Waals surface area contributed by atoms with Crippen molar-refractivity contribution in [2.45, 2.75) is 25.7 Å². The van der Waals surface area contributed by atoms with Crippen LogP contribution in [0, 0.1) is 0 Å². The molecular formula is C26H25N3O4S2. The number of methoxy groups -OCH3 is 1. The highest BCUT2D eigenvalue weighted by Gasteiger charge is 2.32. The van der Waals surface area contributed by atoms with E-state index >= 15 is 0 Å². The molecule has 3 aromatic rings. The maximum Gasteiger partial charge on any atom is 0.303 e. The third kappa shape index (κ3) is 5.98. The maximum atomic E-state index is 13.1. The minimum Gasteiger partial charge on any atom is -0.497 e. The number of hydrogen-bond acceptors (Lipinski definition) is 6. The fourth-order valence-electron chi connectivity index (χ4n) is 3.76. The SMILES string of the molecule is COc1cccc(-c2nn(-c3ccccc3)cc2C=C2SC(=S)N(CCCCCC(=O)O)C2=O)c1. The number of unbranched alkanes of at least 4 members (excludes halogenated alkanes) is 2. The van der Waals surface area contributed by atoms with Gasteiger partial charge in [-0.3, -0.25) is 14.5 Å². The van der Waals surface area contributed by atoms with Crippen LogP contribution in [0.3, 0.4) is 0 Å². The van der Waals surface area contributed by atoms with E-state index < -0.39 is 5.97 Å². The summed E-state index contributed by atoms with van der Waals surface area (Å²) in [5.41, 5.74) is 3.31. The lowest BCUT2D eigenvalue weighted by atomic mass is 10.1. The molecule has 0 saturated carbocycles. The normalized spacial score (nSPS) is 14.7. The second kappa shape index (κ2) is 11.3. The Kier molecular flexibility index (Phi) is 7.99. The number of carbonyl (C=O) groups excluding carboxylic acids is 1. The molecule has 1 fully saturated rings. The van der Waals surface area contributed by atoms with Crippen LogP contribution >= 0.6 is 24.0 Å². The van der Waals surface area contributed by atoms with Crippen LogP contribution in [-0.2, 0) is 9.59 Å². The molecule has 35 heavy (non-hydrogen) atoms. The molecule has 0 bridgehead atoms. The van der Waals surface area contributed by atoms with Gasteiger partial charge in [0.1, 0.15) is 15.8 Å². The standard InChI is InChI=1S/C26H25N3O4S2/c1-33-21-12-8-9-18(15-21)24-19(17-29(27-24)20-10-4-2-5-11-20)16-22-25(32)28(26(34)35-22)14-7-3-6-13-23(30)31/h2,4-5,8-12,15-17H,3,6-7,13-14H2,1H3,(H,30,31). The average Bonchev–Trinajstić information content (AvgIpc) is 3.40. The van der Waals surface area contributed by atoms with E-state index in [9.17, 15) is 9.59 Å². The molecule has 1 amide bonds. The molecular weight excluding hydrogens is 482 g/mol. The molecule has 1 aliphatic heterocycles. The van der Waals surface area contributed by atoms with Crippen molar-refractivity contribution in [3.8, 4) is 22.7 Å². The van der Waals surface area contributed by atoms with Gasteiger partial charge in [0.05, 0.1) is 17.7 Å². The Morgan fingerprint density at radius 2 is 1.94 bits per heavy atom. The topological polar surface area (TPSA) is 84.7 Å². The van der Waals surface area contributed by atoms with E-state index in [1.807, 2.05) is 66.9 Å². The number of nitrogens with zero attached hydrogens (tertiary/aromatic N) is 3. The third-order valence-corrected chi connectivity index (χ3v) is 6.92. The van der Waals surface area contributed by atoms with Crippen LogP contribution in [0.1, 0.15) is 31.2 Å². The number of carbonyl (C=O) groups is 2. The number of hydrogen-bond donors (Lipinski definition) is 1. The van der Waals surface area contributed by atoms with Gasteiger partial charge in [0, 0.05) is 30.3 Å². The van der Waals surface area contributed by atoms with Gasteiger partial charge in [-0.15, -0.1) is 0 Å². The Morgan fingerprint density at radius 1 is 1.14 bits per heavy atom. The van der Waals surface area contributed by atoms with Gasteiger partial charge in [0.15, 0.2) is 0 Å². The first-order chi connectivity index (χ1) is 17.0. The molecule has 2 heterocycles. The Hall–Kier alpha value is -3.43.